The third-order valence-corrected chi connectivity index (χ3v) is 3.52. The molecule has 1 N–H and O–H groups in total. The summed E-state index contributed by atoms with van der Waals surface area (Å²) in [7, 11) is 1.35. The zero-order chi connectivity index (χ0) is 10.7. The third kappa shape index (κ3) is 2.97. The number of methoxy groups -OCH3 is 1. The number of esters is 1. The lowest BCUT2D eigenvalue weighted by Gasteiger charge is -2.06. The fourth-order valence-corrected chi connectivity index (χ4v) is 2.16. The summed E-state index contributed by atoms with van der Waals surface area (Å²) in [5.41, 5.74) is 0.793. The van der Waals surface area contributed by atoms with Crippen molar-refractivity contribution in [2.24, 2.45) is 0 Å². The van der Waals surface area contributed by atoms with Gasteiger partial charge in [0.05, 0.1) is 17.1 Å². The summed E-state index contributed by atoms with van der Waals surface area (Å²) in [5.74, 6) is -0.0966. The van der Waals surface area contributed by atoms with E-state index < -0.39 is 0 Å². The van der Waals surface area contributed by atoms with Gasteiger partial charge in [-0.25, -0.2) is 0 Å². The number of halogens is 2. The number of carbonyl (C=O) groups is 1. The summed E-state index contributed by atoms with van der Waals surface area (Å²) >= 11 is 4.10. The van der Waals surface area contributed by atoms with E-state index in [2.05, 4.69) is 27.3 Å². The molecule has 0 aliphatic carbocycles. The Balaban J connectivity index is 3.02. The van der Waals surface area contributed by atoms with Crippen molar-refractivity contribution >= 4 is 51.2 Å². The number of hydrogen-bond acceptors (Lipinski definition) is 3. The van der Waals surface area contributed by atoms with Crippen LogP contribution in [0.2, 0.25) is 0 Å². The molecule has 0 saturated carbocycles. The van der Waals surface area contributed by atoms with Crippen LogP contribution in [0, 0.1) is 7.14 Å². The van der Waals surface area contributed by atoms with Crippen LogP contribution in [0.3, 0.4) is 0 Å². The number of hydrogen-bond donors (Lipinski definition) is 1. The molecule has 0 bridgehead atoms. The van der Waals surface area contributed by atoms with Crippen LogP contribution in [-0.2, 0) is 16.0 Å². The van der Waals surface area contributed by atoms with Crippen LogP contribution in [0.4, 0.5) is 0 Å². The molecule has 0 radical (unpaired) electrons. The lowest BCUT2D eigenvalue weighted by atomic mass is 10.1. The smallest absolute Gasteiger partial charge is 0.310 e. The highest BCUT2D eigenvalue weighted by Crippen LogP contribution is 2.26. The number of carbonyl (C=O) groups excluding carboxylic acids is 1. The number of ether oxygens (including phenoxy) is 1. The van der Waals surface area contributed by atoms with Gasteiger partial charge in [0.1, 0.15) is 5.75 Å². The Morgan fingerprint density at radius 3 is 2.71 bits per heavy atom. The van der Waals surface area contributed by atoms with Crippen LogP contribution in [0.25, 0.3) is 0 Å². The maximum atomic E-state index is 11.0. The van der Waals surface area contributed by atoms with Crippen molar-refractivity contribution in [3.63, 3.8) is 0 Å². The number of phenolic OH excluding ortho intramolecular Hbond substituents is 1. The van der Waals surface area contributed by atoms with Gasteiger partial charge in [-0.1, -0.05) is 0 Å². The summed E-state index contributed by atoms with van der Waals surface area (Å²) in [6, 6.07) is 3.52. The van der Waals surface area contributed by atoms with Crippen molar-refractivity contribution in [2.75, 3.05) is 7.11 Å². The topological polar surface area (TPSA) is 46.5 Å². The van der Waals surface area contributed by atoms with Crippen LogP contribution in [0.5, 0.6) is 5.75 Å². The summed E-state index contributed by atoms with van der Waals surface area (Å²) in [6.07, 6.45) is 0.194. The van der Waals surface area contributed by atoms with Gasteiger partial charge in [-0.15, -0.1) is 0 Å². The quantitative estimate of drug-likeness (QED) is 0.593. The Morgan fingerprint density at radius 1 is 1.50 bits per heavy atom. The molecule has 0 amide bonds. The fraction of sp³-hybridized carbons (Fsp3) is 0.222. The summed E-state index contributed by atoms with van der Waals surface area (Å²) in [4.78, 5) is 11.0. The average molecular weight is 418 g/mol. The molecule has 14 heavy (non-hydrogen) atoms. The van der Waals surface area contributed by atoms with Gasteiger partial charge in [0.15, 0.2) is 0 Å². The van der Waals surface area contributed by atoms with Crippen molar-refractivity contribution in [1.82, 2.24) is 0 Å². The maximum Gasteiger partial charge on any atom is 0.310 e. The monoisotopic (exact) mass is 418 g/mol. The van der Waals surface area contributed by atoms with E-state index in [0.29, 0.717) is 3.57 Å². The number of phenols is 1. The van der Waals surface area contributed by atoms with E-state index in [1.807, 2.05) is 28.7 Å². The zero-order valence-corrected chi connectivity index (χ0v) is 11.7. The maximum absolute atomic E-state index is 11.0. The Labute approximate surface area is 109 Å². The Morgan fingerprint density at radius 2 is 2.14 bits per heavy atom. The highest BCUT2D eigenvalue weighted by atomic mass is 127. The lowest BCUT2D eigenvalue weighted by Crippen LogP contribution is -2.06. The first-order chi connectivity index (χ1) is 6.54. The molecule has 0 fully saturated rings. The molecule has 76 valence electrons. The van der Waals surface area contributed by atoms with Gasteiger partial charge < -0.3 is 9.84 Å². The van der Waals surface area contributed by atoms with Gasteiger partial charge in [-0.3, -0.25) is 4.79 Å². The second kappa shape index (κ2) is 5.15. The Kier molecular flexibility index (Phi) is 4.42. The van der Waals surface area contributed by atoms with Crippen molar-refractivity contribution in [3.05, 3.63) is 24.8 Å². The van der Waals surface area contributed by atoms with Gasteiger partial charge >= 0.3 is 5.97 Å². The van der Waals surface area contributed by atoms with Crippen molar-refractivity contribution in [2.45, 2.75) is 6.42 Å². The molecule has 1 rings (SSSR count). The molecule has 0 aliphatic heterocycles. The van der Waals surface area contributed by atoms with E-state index in [-0.39, 0.29) is 18.1 Å². The van der Waals surface area contributed by atoms with E-state index in [4.69, 9.17) is 0 Å². The molecular weight excluding hydrogens is 410 g/mol. The molecule has 0 atom stereocenters. The van der Waals surface area contributed by atoms with E-state index in [9.17, 15) is 9.90 Å². The van der Waals surface area contributed by atoms with Crippen molar-refractivity contribution in [1.29, 1.82) is 0 Å². The fourth-order valence-electron chi connectivity index (χ4n) is 0.986. The van der Waals surface area contributed by atoms with Gasteiger partial charge in [-0.2, -0.15) is 0 Å². The van der Waals surface area contributed by atoms with E-state index in [0.717, 1.165) is 9.13 Å². The molecule has 0 unspecified atom stereocenters. The standard InChI is InChI=1S/C9H8I2O3/c1-14-8(13)3-5-2-6(10)4-7(12)9(5)11/h2,4,12H,3H2,1H3. The molecule has 0 heterocycles. The van der Waals surface area contributed by atoms with E-state index in [1.54, 1.807) is 6.07 Å². The SMILES string of the molecule is COC(=O)Cc1cc(I)cc(O)c1I. The van der Waals surface area contributed by atoms with E-state index >= 15 is 0 Å². The van der Waals surface area contributed by atoms with Gasteiger partial charge in [0.2, 0.25) is 0 Å². The molecule has 0 spiro atoms. The minimum Gasteiger partial charge on any atom is -0.507 e. The highest BCUT2D eigenvalue weighted by Gasteiger charge is 2.10. The second-order valence-electron chi connectivity index (χ2n) is 2.65. The number of aromatic hydroxyl groups is 1. The molecule has 0 aromatic heterocycles. The average Bonchev–Trinajstić information content (AvgIpc) is 2.13. The number of rotatable bonds is 2. The minimum absolute atomic E-state index is 0.194. The molecule has 3 nitrogen and oxygen atoms in total. The Bertz CT molecular complexity index is 363. The van der Waals surface area contributed by atoms with Crippen LogP contribution in [-0.4, -0.2) is 18.2 Å². The molecular formula is C9H8I2O3. The zero-order valence-electron chi connectivity index (χ0n) is 7.38. The van der Waals surface area contributed by atoms with Gasteiger partial charge in [0.25, 0.3) is 0 Å². The normalized spacial score (nSPS) is 9.93. The first-order valence-corrected chi connectivity index (χ1v) is 5.94. The molecule has 1 aromatic rings. The van der Waals surface area contributed by atoms with Gasteiger partial charge in [0, 0.05) is 3.57 Å². The summed E-state index contributed by atoms with van der Waals surface area (Å²) in [5, 5.41) is 9.50. The number of benzene rings is 1. The van der Waals surface area contributed by atoms with Crippen LogP contribution < -0.4 is 0 Å². The van der Waals surface area contributed by atoms with Crippen LogP contribution >= 0.6 is 45.2 Å². The predicted molar refractivity (Wildman–Crippen MR) is 69.3 cm³/mol. The summed E-state index contributed by atoms with van der Waals surface area (Å²) in [6.45, 7) is 0. The first-order valence-electron chi connectivity index (χ1n) is 3.78. The molecule has 0 saturated heterocycles. The first kappa shape index (κ1) is 12.0. The largest absolute Gasteiger partial charge is 0.507 e. The van der Waals surface area contributed by atoms with E-state index in [1.165, 1.54) is 7.11 Å². The van der Waals surface area contributed by atoms with Crippen molar-refractivity contribution < 1.29 is 14.6 Å². The van der Waals surface area contributed by atoms with Crippen LogP contribution in [0.1, 0.15) is 5.56 Å². The van der Waals surface area contributed by atoms with Crippen molar-refractivity contribution in [3.8, 4) is 5.75 Å². The summed E-state index contributed by atoms with van der Waals surface area (Å²) < 4.78 is 6.17. The lowest BCUT2D eigenvalue weighted by molar-refractivity contribution is -0.139. The molecule has 5 heteroatoms. The predicted octanol–water partition coefficient (Wildman–Crippen LogP) is 2.32. The third-order valence-electron chi connectivity index (χ3n) is 1.66. The second-order valence-corrected chi connectivity index (χ2v) is 4.98. The minimum atomic E-state index is -0.302. The highest BCUT2D eigenvalue weighted by molar-refractivity contribution is 14.1. The molecule has 0 aliphatic rings. The van der Waals surface area contributed by atoms with Crippen LogP contribution in [0.15, 0.2) is 12.1 Å². The Hall–Kier alpha value is -0.0500. The molecule has 1 aromatic carbocycles. The van der Waals surface area contributed by atoms with Gasteiger partial charge in [-0.05, 0) is 62.9 Å².